The molecule has 1 heterocycles. The standard InChI is InChI=1S/C17H26N2O2/c1-5-20-17-7-13-6-12(4)21-16(13)8-14(17)15(9-18)19-10-11(2)3/h7-8,12,15,19H,2,5-6,9-10,18H2,1,3-4H3. The zero-order valence-electron chi connectivity index (χ0n) is 13.2. The first-order chi connectivity index (χ1) is 10.0. The lowest BCUT2D eigenvalue weighted by Crippen LogP contribution is -2.29. The van der Waals surface area contributed by atoms with Crippen molar-refractivity contribution in [2.75, 3.05) is 19.7 Å². The highest BCUT2D eigenvalue weighted by molar-refractivity contribution is 5.50. The van der Waals surface area contributed by atoms with Crippen molar-refractivity contribution in [3.8, 4) is 11.5 Å². The van der Waals surface area contributed by atoms with Crippen LogP contribution in [0.5, 0.6) is 11.5 Å². The molecular formula is C17H26N2O2. The molecule has 2 unspecified atom stereocenters. The molecule has 2 atom stereocenters. The van der Waals surface area contributed by atoms with Gasteiger partial charge in [0.05, 0.1) is 6.61 Å². The third-order valence-corrected chi connectivity index (χ3v) is 3.59. The van der Waals surface area contributed by atoms with E-state index in [9.17, 15) is 0 Å². The number of hydrogen-bond donors (Lipinski definition) is 2. The van der Waals surface area contributed by atoms with Gasteiger partial charge in [0.25, 0.3) is 0 Å². The van der Waals surface area contributed by atoms with Crippen molar-refractivity contribution in [2.24, 2.45) is 5.73 Å². The smallest absolute Gasteiger partial charge is 0.124 e. The van der Waals surface area contributed by atoms with Gasteiger partial charge in [-0.3, -0.25) is 0 Å². The van der Waals surface area contributed by atoms with E-state index in [1.54, 1.807) is 0 Å². The van der Waals surface area contributed by atoms with Crippen LogP contribution in [0.25, 0.3) is 0 Å². The average molecular weight is 290 g/mol. The maximum absolute atomic E-state index is 5.94. The van der Waals surface area contributed by atoms with Crippen LogP contribution in [-0.4, -0.2) is 25.8 Å². The number of rotatable bonds is 7. The van der Waals surface area contributed by atoms with Crippen molar-refractivity contribution in [3.63, 3.8) is 0 Å². The molecular weight excluding hydrogens is 264 g/mol. The molecule has 0 saturated carbocycles. The molecule has 0 bridgehead atoms. The van der Waals surface area contributed by atoms with E-state index in [-0.39, 0.29) is 12.1 Å². The van der Waals surface area contributed by atoms with E-state index in [2.05, 4.69) is 31.0 Å². The lowest BCUT2D eigenvalue weighted by molar-refractivity contribution is 0.254. The molecule has 1 aromatic carbocycles. The Morgan fingerprint density at radius 1 is 1.57 bits per heavy atom. The van der Waals surface area contributed by atoms with Crippen LogP contribution in [0.2, 0.25) is 0 Å². The van der Waals surface area contributed by atoms with Crippen molar-refractivity contribution < 1.29 is 9.47 Å². The minimum Gasteiger partial charge on any atom is -0.494 e. The molecule has 0 fully saturated rings. The minimum atomic E-state index is 0.0352. The summed E-state index contributed by atoms with van der Waals surface area (Å²) in [5.41, 5.74) is 9.30. The zero-order valence-corrected chi connectivity index (χ0v) is 13.2. The first-order valence-corrected chi connectivity index (χ1v) is 7.59. The molecule has 0 spiro atoms. The third-order valence-electron chi connectivity index (χ3n) is 3.59. The van der Waals surface area contributed by atoms with Crippen LogP contribution in [0.3, 0.4) is 0 Å². The van der Waals surface area contributed by atoms with Gasteiger partial charge in [-0.1, -0.05) is 12.2 Å². The lowest BCUT2D eigenvalue weighted by Gasteiger charge is -2.21. The summed E-state index contributed by atoms with van der Waals surface area (Å²) in [7, 11) is 0. The quantitative estimate of drug-likeness (QED) is 0.758. The summed E-state index contributed by atoms with van der Waals surface area (Å²) in [6.07, 6.45) is 1.16. The van der Waals surface area contributed by atoms with Gasteiger partial charge < -0.3 is 20.5 Å². The third kappa shape index (κ3) is 3.77. The molecule has 1 aliphatic rings. The molecule has 116 valence electrons. The number of nitrogens with one attached hydrogen (secondary N) is 1. The summed E-state index contributed by atoms with van der Waals surface area (Å²) in [4.78, 5) is 0. The Kier molecular flexibility index (Phi) is 5.26. The highest BCUT2D eigenvalue weighted by Crippen LogP contribution is 2.37. The van der Waals surface area contributed by atoms with Crippen LogP contribution < -0.4 is 20.5 Å². The van der Waals surface area contributed by atoms with E-state index in [0.717, 1.165) is 35.6 Å². The largest absolute Gasteiger partial charge is 0.494 e. The monoisotopic (exact) mass is 290 g/mol. The Morgan fingerprint density at radius 2 is 2.33 bits per heavy atom. The highest BCUT2D eigenvalue weighted by Gasteiger charge is 2.24. The van der Waals surface area contributed by atoms with Crippen molar-refractivity contribution in [2.45, 2.75) is 39.3 Å². The van der Waals surface area contributed by atoms with Gasteiger partial charge >= 0.3 is 0 Å². The molecule has 21 heavy (non-hydrogen) atoms. The molecule has 0 saturated heterocycles. The van der Waals surface area contributed by atoms with Crippen molar-refractivity contribution >= 4 is 0 Å². The fourth-order valence-corrected chi connectivity index (χ4v) is 2.63. The number of hydrogen-bond acceptors (Lipinski definition) is 4. The predicted molar refractivity (Wildman–Crippen MR) is 86.0 cm³/mol. The molecule has 0 radical (unpaired) electrons. The fraction of sp³-hybridized carbons (Fsp3) is 0.529. The number of benzene rings is 1. The van der Waals surface area contributed by atoms with Crippen LogP contribution >= 0.6 is 0 Å². The average Bonchev–Trinajstić information content (AvgIpc) is 2.78. The Bertz CT molecular complexity index is 514. The van der Waals surface area contributed by atoms with Gasteiger partial charge in [-0.2, -0.15) is 0 Å². The van der Waals surface area contributed by atoms with Crippen molar-refractivity contribution in [1.29, 1.82) is 0 Å². The first kappa shape index (κ1) is 15.9. The van der Waals surface area contributed by atoms with E-state index >= 15 is 0 Å². The Hall–Kier alpha value is -1.52. The molecule has 4 heteroatoms. The van der Waals surface area contributed by atoms with Gasteiger partial charge in [0.15, 0.2) is 0 Å². The Labute approximate surface area is 127 Å². The van der Waals surface area contributed by atoms with Gasteiger partial charge in [-0.15, -0.1) is 0 Å². The number of ether oxygens (including phenoxy) is 2. The summed E-state index contributed by atoms with van der Waals surface area (Å²) in [5, 5.41) is 3.43. The van der Waals surface area contributed by atoms with Crippen LogP contribution in [0, 0.1) is 0 Å². The van der Waals surface area contributed by atoms with Gasteiger partial charge in [0.1, 0.15) is 17.6 Å². The molecule has 0 aliphatic carbocycles. The highest BCUT2D eigenvalue weighted by atomic mass is 16.5. The molecule has 2 rings (SSSR count). The predicted octanol–water partition coefficient (Wildman–Crippen LogP) is 2.57. The van der Waals surface area contributed by atoms with Gasteiger partial charge in [-0.05, 0) is 32.9 Å². The van der Waals surface area contributed by atoms with Crippen LogP contribution in [-0.2, 0) is 6.42 Å². The first-order valence-electron chi connectivity index (χ1n) is 7.59. The Balaban J connectivity index is 2.31. The van der Waals surface area contributed by atoms with Crippen molar-refractivity contribution in [1.82, 2.24) is 5.32 Å². The molecule has 3 N–H and O–H groups in total. The summed E-state index contributed by atoms with van der Waals surface area (Å²) in [5.74, 6) is 1.86. The zero-order chi connectivity index (χ0) is 15.4. The van der Waals surface area contributed by atoms with Crippen LogP contribution in [0.1, 0.15) is 37.9 Å². The van der Waals surface area contributed by atoms with E-state index in [0.29, 0.717) is 13.2 Å². The molecule has 4 nitrogen and oxygen atoms in total. The van der Waals surface area contributed by atoms with E-state index < -0.39 is 0 Å². The summed E-state index contributed by atoms with van der Waals surface area (Å²) < 4.78 is 11.7. The van der Waals surface area contributed by atoms with Crippen LogP contribution in [0.15, 0.2) is 24.3 Å². The second-order valence-corrected chi connectivity index (χ2v) is 5.69. The van der Waals surface area contributed by atoms with Gasteiger partial charge in [0, 0.05) is 36.7 Å². The normalized spacial score (nSPS) is 18.0. The van der Waals surface area contributed by atoms with E-state index in [1.807, 2.05) is 13.8 Å². The molecule has 0 amide bonds. The van der Waals surface area contributed by atoms with E-state index in [1.165, 1.54) is 5.56 Å². The lowest BCUT2D eigenvalue weighted by atomic mass is 10.0. The topological polar surface area (TPSA) is 56.5 Å². The molecule has 1 aliphatic heterocycles. The van der Waals surface area contributed by atoms with Gasteiger partial charge in [-0.25, -0.2) is 0 Å². The SMILES string of the molecule is C=C(C)CNC(CN)c1cc2c(cc1OCC)CC(C)O2. The molecule has 1 aromatic rings. The second kappa shape index (κ2) is 6.96. The summed E-state index contributed by atoms with van der Waals surface area (Å²) in [6, 6.07) is 4.21. The summed E-state index contributed by atoms with van der Waals surface area (Å²) >= 11 is 0. The van der Waals surface area contributed by atoms with Gasteiger partial charge in [0.2, 0.25) is 0 Å². The second-order valence-electron chi connectivity index (χ2n) is 5.69. The Morgan fingerprint density at radius 3 is 2.95 bits per heavy atom. The number of nitrogens with two attached hydrogens (primary N) is 1. The minimum absolute atomic E-state index is 0.0352. The van der Waals surface area contributed by atoms with Crippen LogP contribution in [0.4, 0.5) is 0 Å². The van der Waals surface area contributed by atoms with Crippen molar-refractivity contribution in [3.05, 3.63) is 35.4 Å². The maximum atomic E-state index is 5.94. The number of fused-ring (bicyclic) bond motifs is 1. The van der Waals surface area contributed by atoms with E-state index in [4.69, 9.17) is 15.2 Å². The maximum Gasteiger partial charge on any atom is 0.124 e. The fourth-order valence-electron chi connectivity index (χ4n) is 2.63. The summed E-state index contributed by atoms with van der Waals surface area (Å²) in [6.45, 7) is 11.9. The molecule has 0 aromatic heterocycles.